The van der Waals surface area contributed by atoms with Crippen molar-refractivity contribution in [3.63, 3.8) is 0 Å². The Bertz CT molecular complexity index is 584. The maximum absolute atomic E-state index is 4.50. The molecule has 0 N–H and O–H groups in total. The number of hydrogen-bond acceptors (Lipinski definition) is 3. The average molecular weight is 284 g/mol. The van der Waals surface area contributed by atoms with Crippen molar-refractivity contribution in [2.24, 2.45) is 0 Å². The molecule has 112 valence electrons. The Hall–Kier alpha value is -1.68. The minimum Gasteiger partial charge on any atom is -0.303 e. The fourth-order valence-corrected chi connectivity index (χ4v) is 3.19. The number of hydrogen-bond donors (Lipinski definition) is 0. The highest BCUT2D eigenvalue weighted by Gasteiger charge is 2.19. The largest absolute Gasteiger partial charge is 0.303 e. The van der Waals surface area contributed by atoms with Crippen molar-refractivity contribution in [1.29, 1.82) is 0 Å². The summed E-state index contributed by atoms with van der Waals surface area (Å²) in [5, 5.41) is 4.42. The van der Waals surface area contributed by atoms with Crippen LogP contribution in [-0.4, -0.2) is 39.3 Å². The lowest BCUT2D eigenvalue weighted by molar-refractivity contribution is 0.313. The minimum atomic E-state index is 0.426. The summed E-state index contributed by atoms with van der Waals surface area (Å²) in [6.07, 6.45) is 4.36. The minimum absolute atomic E-state index is 0.426. The summed E-state index contributed by atoms with van der Waals surface area (Å²) in [6, 6.07) is 8.61. The van der Waals surface area contributed by atoms with Crippen molar-refractivity contribution < 1.29 is 0 Å². The summed E-state index contributed by atoms with van der Waals surface area (Å²) in [5.41, 5.74) is 2.58. The molecule has 2 heterocycles. The van der Waals surface area contributed by atoms with E-state index in [1.165, 1.54) is 37.1 Å². The van der Waals surface area contributed by atoms with E-state index < -0.39 is 0 Å². The van der Waals surface area contributed by atoms with E-state index in [0.29, 0.717) is 5.92 Å². The van der Waals surface area contributed by atoms with Gasteiger partial charge in [-0.25, -0.2) is 9.67 Å². The molecule has 1 fully saturated rings. The number of nitrogens with zero attached hydrogens (tertiary/aromatic N) is 4. The molecule has 0 spiro atoms. The van der Waals surface area contributed by atoms with Crippen LogP contribution < -0.4 is 0 Å². The third kappa shape index (κ3) is 3.50. The van der Waals surface area contributed by atoms with Crippen LogP contribution in [0.5, 0.6) is 0 Å². The van der Waals surface area contributed by atoms with Gasteiger partial charge in [0.1, 0.15) is 12.2 Å². The molecule has 4 heteroatoms. The summed E-state index contributed by atoms with van der Waals surface area (Å²) < 4.78 is 2.05. The van der Waals surface area contributed by atoms with Crippen LogP contribution in [0.3, 0.4) is 0 Å². The SMILES string of the molecule is Cc1cccc(Cn2ncnc2C(C)CN2CCCC2)c1. The zero-order valence-corrected chi connectivity index (χ0v) is 13.0. The van der Waals surface area contributed by atoms with Crippen LogP contribution in [0.25, 0.3) is 0 Å². The average Bonchev–Trinajstić information content (AvgIpc) is 3.10. The maximum atomic E-state index is 4.50. The van der Waals surface area contributed by atoms with Gasteiger partial charge in [0.15, 0.2) is 0 Å². The standard InChI is InChI=1S/C17H24N4/c1-14-6-5-7-16(10-14)12-21-17(18-13-19-21)15(2)11-20-8-3-4-9-20/h5-7,10,13,15H,3-4,8-9,11-12H2,1-2H3. The van der Waals surface area contributed by atoms with Gasteiger partial charge in [-0.1, -0.05) is 36.8 Å². The first-order valence-corrected chi connectivity index (χ1v) is 7.88. The quantitative estimate of drug-likeness (QED) is 0.846. The molecule has 0 saturated carbocycles. The zero-order chi connectivity index (χ0) is 14.7. The van der Waals surface area contributed by atoms with Crippen molar-refractivity contribution in [2.45, 2.75) is 39.2 Å². The van der Waals surface area contributed by atoms with Gasteiger partial charge < -0.3 is 4.90 Å². The van der Waals surface area contributed by atoms with E-state index in [1.807, 2.05) is 0 Å². The molecule has 0 radical (unpaired) electrons. The zero-order valence-electron chi connectivity index (χ0n) is 13.0. The Balaban J connectivity index is 1.70. The third-order valence-corrected chi connectivity index (χ3v) is 4.23. The third-order valence-electron chi connectivity index (χ3n) is 4.23. The van der Waals surface area contributed by atoms with Crippen LogP contribution in [0, 0.1) is 6.92 Å². The summed E-state index contributed by atoms with van der Waals surface area (Å²) >= 11 is 0. The first kappa shape index (κ1) is 14.3. The highest BCUT2D eigenvalue weighted by Crippen LogP contribution is 2.18. The molecular weight excluding hydrogens is 260 g/mol. The van der Waals surface area contributed by atoms with Crippen LogP contribution >= 0.6 is 0 Å². The highest BCUT2D eigenvalue weighted by molar-refractivity contribution is 5.22. The van der Waals surface area contributed by atoms with Gasteiger partial charge in [0.25, 0.3) is 0 Å². The van der Waals surface area contributed by atoms with Gasteiger partial charge in [0.2, 0.25) is 0 Å². The molecule has 1 aromatic carbocycles. The second-order valence-corrected chi connectivity index (χ2v) is 6.17. The van der Waals surface area contributed by atoms with Crippen molar-refractivity contribution in [2.75, 3.05) is 19.6 Å². The number of likely N-dealkylation sites (tertiary alicyclic amines) is 1. The summed E-state index contributed by atoms with van der Waals surface area (Å²) in [7, 11) is 0. The Labute approximate surface area is 126 Å². The molecule has 1 aliphatic rings. The van der Waals surface area contributed by atoms with E-state index >= 15 is 0 Å². The number of benzene rings is 1. The molecule has 0 aliphatic carbocycles. The highest BCUT2D eigenvalue weighted by atomic mass is 15.3. The smallest absolute Gasteiger partial charge is 0.138 e. The molecule has 1 unspecified atom stereocenters. The van der Waals surface area contributed by atoms with E-state index in [0.717, 1.165) is 18.9 Å². The van der Waals surface area contributed by atoms with Gasteiger partial charge in [-0.15, -0.1) is 0 Å². The normalized spacial score (nSPS) is 17.2. The van der Waals surface area contributed by atoms with Crippen molar-refractivity contribution in [3.05, 3.63) is 47.5 Å². The van der Waals surface area contributed by atoms with Gasteiger partial charge in [-0.3, -0.25) is 0 Å². The first-order chi connectivity index (χ1) is 10.2. The van der Waals surface area contributed by atoms with E-state index in [-0.39, 0.29) is 0 Å². The Morgan fingerprint density at radius 2 is 2.05 bits per heavy atom. The molecule has 0 amide bonds. The lowest BCUT2D eigenvalue weighted by Crippen LogP contribution is -2.26. The molecule has 1 saturated heterocycles. The van der Waals surface area contributed by atoms with Crippen molar-refractivity contribution >= 4 is 0 Å². The van der Waals surface area contributed by atoms with Gasteiger partial charge >= 0.3 is 0 Å². The second kappa shape index (κ2) is 6.39. The van der Waals surface area contributed by atoms with Gasteiger partial charge in [-0.2, -0.15) is 5.10 Å². The molecule has 3 rings (SSSR count). The van der Waals surface area contributed by atoms with Crippen LogP contribution in [0.1, 0.15) is 42.6 Å². The van der Waals surface area contributed by atoms with Gasteiger partial charge in [0, 0.05) is 12.5 Å². The van der Waals surface area contributed by atoms with Crippen molar-refractivity contribution in [1.82, 2.24) is 19.7 Å². The van der Waals surface area contributed by atoms with E-state index in [2.05, 4.69) is 57.8 Å². The van der Waals surface area contributed by atoms with Crippen LogP contribution in [-0.2, 0) is 6.54 Å². The van der Waals surface area contributed by atoms with E-state index in [9.17, 15) is 0 Å². The van der Waals surface area contributed by atoms with E-state index in [1.54, 1.807) is 6.33 Å². The fraction of sp³-hybridized carbons (Fsp3) is 0.529. The molecule has 4 nitrogen and oxygen atoms in total. The predicted octanol–water partition coefficient (Wildman–Crippen LogP) is 2.83. The number of rotatable bonds is 5. The first-order valence-electron chi connectivity index (χ1n) is 7.88. The molecular formula is C17H24N4. The Kier molecular flexibility index (Phi) is 4.34. The van der Waals surface area contributed by atoms with Crippen LogP contribution in [0.2, 0.25) is 0 Å². The monoisotopic (exact) mass is 284 g/mol. The molecule has 1 aromatic heterocycles. The summed E-state index contributed by atoms with van der Waals surface area (Å²) in [5.74, 6) is 1.53. The van der Waals surface area contributed by atoms with Gasteiger partial charge in [-0.05, 0) is 38.4 Å². The molecule has 21 heavy (non-hydrogen) atoms. The number of aryl methyl sites for hydroxylation is 1. The fourth-order valence-electron chi connectivity index (χ4n) is 3.19. The summed E-state index contributed by atoms with van der Waals surface area (Å²) in [6.45, 7) is 8.75. The molecule has 2 aromatic rings. The molecule has 1 atom stereocenters. The predicted molar refractivity (Wildman–Crippen MR) is 84.4 cm³/mol. The van der Waals surface area contributed by atoms with Crippen LogP contribution in [0.15, 0.2) is 30.6 Å². The Morgan fingerprint density at radius 1 is 1.24 bits per heavy atom. The summed E-state index contributed by atoms with van der Waals surface area (Å²) in [4.78, 5) is 7.04. The Morgan fingerprint density at radius 3 is 2.81 bits per heavy atom. The topological polar surface area (TPSA) is 34.0 Å². The van der Waals surface area contributed by atoms with Crippen LogP contribution in [0.4, 0.5) is 0 Å². The number of aromatic nitrogens is 3. The molecule has 0 bridgehead atoms. The lowest BCUT2D eigenvalue weighted by atomic mass is 10.1. The second-order valence-electron chi connectivity index (χ2n) is 6.17. The van der Waals surface area contributed by atoms with E-state index in [4.69, 9.17) is 0 Å². The maximum Gasteiger partial charge on any atom is 0.138 e. The molecule has 1 aliphatic heterocycles. The lowest BCUT2D eigenvalue weighted by Gasteiger charge is -2.20. The van der Waals surface area contributed by atoms with Gasteiger partial charge in [0.05, 0.1) is 6.54 Å². The van der Waals surface area contributed by atoms with Crippen molar-refractivity contribution in [3.8, 4) is 0 Å².